The van der Waals surface area contributed by atoms with Crippen molar-refractivity contribution in [3.8, 4) is 39.3 Å². The van der Waals surface area contributed by atoms with Crippen LogP contribution in [0.4, 0.5) is 68.2 Å². The minimum atomic E-state index is -0.343. The van der Waals surface area contributed by atoms with E-state index in [1.54, 1.807) is 0 Å². The van der Waals surface area contributed by atoms with Crippen molar-refractivity contribution >= 4 is 202 Å². The predicted molar refractivity (Wildman–Crippen MR) is 496 cm³/mol. The number of aromatic nitrogens is 3. The largest absolute Gasteiger partial charge is 0.454 e. The molecule has 18 aromatic carbocycles. The highest BCUT2D eigenvalue weighted by molar-refractivity contribution is 7.03. The lowest BCUT2D eigenvalue weighted by Crippen LogP contribution is -2.65. The summed E-state index contributed by atoms with van der Waals surface area (Å²) in [6, 6.07) is 152. The zero-order valence-corrected chi connectivity index (χ0v) is 63.9. The zero-order chi connectivity index (χ0) is 77.0. The average Bonchev–Trinajstić information content (AvgIpc) is 0.707. The molecule has 10 heteroatoms. The molecule has 8 nitrogen and oxygen atoms in total. The molecule has 0 fully saturated rings. The van der Waals surface area contributed by atoms with Gasteiger partial charge in [-0.05, 0) is 165 Å². The molecule has 0 saturated heterocycles. The Kier molecular flexibility index (Phi) is 13.8. The summed E-state index contributed by atoms with van der Waals surface area (Å²) in [6.07, 6.45) is 0. The second-order valence-corrected chi connectivity index (χ2v) is 31.7. The Bertz CT molecular complexity index is 7790. The number of hydrogen-bond acceptors (Lipinski definition) is 5. The molecule has 118 heavy (non-hydrogen) atoms. The molecule has 0 radical (unpaired) electrons. The molecule has 4 aliphatic heterocycles. The molecule has 26 rings (SSSR count). The third-order valence-electron chi connectivity index (χ3n) is 25.7. The van der Waals surface area contributed by atoms with Crippen LogP contribution < -0.4 is 52.4 Å². The quantitative estimate of drug-likeness (QED) is 0.135. The molecule has 0 amide bonds. The van der Waals surface area contributed by atoms with E-state index in [0.717, 1.165) is 163 Å². The lowest BCUT2D eigenvalue weighted by atomic mass is 9.30. The minimum Gasteiger partial charge on any atom is -0.454 e. The van der Waals surface area contributed by atoms with Crippen LogP contribution in [0.15, 0.2) is 411 Å². The van der Waals surface area contributed by atoms with E-state index < -0.39 is 0 Å². The Morgan fingerprint density at radius 3 is 1.03 bits per heavy atom. The highest BCUT2D eigenvalue weighted by atomic mass is 16.3. The van der Waals surface area contributed by atoms with Crippen molar-refractivity contribution in [3.05, 3.63) is 406 Å². The van der Waals surface area contributed by atoms with Crippen LogP contribution in [0.2, 0.25) is 0 Å². The van der Waals surface area contributed by atoms with Gasteiger partial charge in [-0.1, -0.05) is 285 Å². The molecule has 546 valence electrons. The molecule has 0 bridgehead atoms. The number of furan rings is 1. The second kappa shape index (κ2) is 25.0. The van der Waals surface area contributed by atoms with Crippen molar-refractivity contribution in [2.45, 2.75) is 0 Å². The summed E-state index contributed by atoms with van der Waals surface area (Å²) in [7, 11) is 0. The molecule has 0 aliphatic carbocycles. The molecule has 0 atom stereocenters. The Labute approximate surface area is 680 Å². The Morgan fingerprint density at radius 1 is 0.195 bits per heavy atom. The second-order valence-electron chi connectivity index (χ2n) is 31.7. The van der Waals surface area contributed by atoms with Gasteiger partial charge in [0.15, 0.2) is 5.58 Å². The first-order chi connectivity index (χ1) is 58.6. The van der Waals surface area contributed by atoms with Crippen LogP contribution in [0.25, 0.3) is 127 Å². The molecular weight excluding hydrogens is 1430 g/mol. The number of hydrogen-bond donors (Lipinski definition) is 0. The summed E-state index contributed by atoms with van der Waals surface area (Å²) < 4.78 is 14.7. The van der Waals surface area contributed by atoms with Crippen molar-refractivity contribution in [2.24, 2.45) is 0 Å². The van der Waals surface area contributed by atoms with Gasteiger partial charge in [0.1, 0.15) is 5.58 Å². The number of rotatable bonds is 9. The maximum atomic E-state index is 7.21. The molecule has 8 heterocycles. The normalized spacial score (nSPS) is 13.2. The van der Waals surface area contributed by atoms with Gasteiger partial charge < -0.3 is 37.7 Å². The fraction of sp³-hybridized carbons (Fsp3) is 0. The van der Waals surface area contributed by atoms with Gasteiger partial charge in [-0.25, -0.2) is 0 Å². The molecule has 0 unspecified atom stereocenters. The Balaban J connectivity index is 0.836. The zero-order valence-electron chi connectivity index (χ0n) is 63.9. The number of fused-ring (bicyclic) bond motifs is 20. The van der Waals surface area contributed by atoms with Crippen LogP contribution in [-0.4, -0.2) is 27.1 Å². The van der Waals surface area contributed by atoms with Gasteiger partial charge in [0.05, 0.1) is 55.8 Å². The van der Waals surface area contributed by atoms with Gasteiger partial charge in [-0.2, -0.15) is 0 Å². The molecule has 0 saturated carbocycles. The summed E-state index contributed by atoms with van der Waals surface area (Å²) in [4.78, 5) is 10.5. The van der Waals surface area contributed by atoms with Crippen molar-refractivity contribution in [3.63, 3.8) is 0 Å². The predicted octanol–water partition coefficient (Wildman–Crippen LogP) is 24.4. The SMILES string of the molecule is c1ccc(-c2cccc(-c3ccccc3)c2N2c3cc4c(cc3B3c5ccc(-n6c7ccccc7c7ccccc76)cc5N(c5ccccc5)c5cc(-n6c7ccccc7c7ccccc76)cc2c53)B2c3ccccc3N(c3cccc5c3oc3ccccc35)c3cc(-n5c6ccccc6c6ccccc65)cc(c32)N4c2ccccc2)cc1. The first kappa shape index (κ1) is 64.9. The maximum Gasteiger partial charge on any atom is 0.252 e. The summed E-state index contributed by atoms with van der Waals surface area (Å²) in [5, 5.41) is 9.38. The first-order valence-electron chi connectivity index (χ1n) is 40.8. The van der Waals surface area contributed by atoms with Crippen LogP contribution in [0.1, 0.15) is 0 Å². The van der Waals surface area contributed by atoms with Gasteiger partial charge in [-0.15, -0.1) is 0 Å². The fourth-order valence-electron chi connectivity index (χ4n) is 21.0. The van der Waals surface area contributed by atoms with E-state index in [0.29, 0.717) is 0 Å². The van der Waals surface area contributed by atoms with Gasteiger partial charge >= 0.3 is 0 Å². The minimum absolute atomic E-state index is 0.301. The highest BCUT2D eigenvalue weighted by Crippen LogP contribution is 2.55. The van der Waals surface area contributed by atoms with E-state index in [2.05, 4.69) is 440 Å². The number of para-hydroxylation sites is 12. The van der Waals surface area contributed by atoms with Crippen molar-refractivity contribution in [1.29, 1.82) is 0 Å². The summed E-state index contributed by atoms with van der Waals surface area (Å²) in [5.41, 5.74) is 36.2. The number of anilines is 12. The topological polar surface area (TPSA) is 40.9 Å². The number of benzene rings is 18. The van der Waals surface area contributed by atoms with Crippen molar-refractivity contribution in [1.82, 2.24) is 13.7 Å². The van der Waals surface area contributed by atoms with Gasteiger partial charge in [0, 0.05) is 117 Å². The van der Waals surface area contributed by atoms with Gasteiger partial charge in [0.25, 0.3) is 13.4 Å². The Hall–Kier alpha value is -15.5. The molecule has 4 aromatic heterocycles. The monoisotopic (exact) mass is 1500 g/mol. The first-order valence-corrected chi connectivity index (χ1v) is 40.8. The lowest BCUT2D eigenvalue weighted by molar-refractivity contribution is 0.669. The van der Waals surface area contributed by atoms with Gasteiger partial charge in [-0.3, -0.25) is 0 Å². The van der Waals surface area contributed by atoms with E-state index >= 15 is 0 Å². The third-order valence-corrected chi connectivity index (χ3v) is 25.7. The maximum absolute atomic E-state index is 7.21. The summed E-state index contributed by atoms with van der Waals surface area (Å²) in [6.45, 7) is -0.644. The number of nitrogens with zero attached hydrogens (tertiary/aromatic N) is 7. The van der Waals surface area contributed by atoms with Crippen molar-refractivity contribution in [2.75, 3.05) is 19.6 Å². The molecular formula is C108H67B2N7O. The third kappa shape index (κ3) is 9.16. The van der Waals surface area contributed by atoms with E-state index in [9.17, 15) is 0 Å². The fourth-order valence-corrected chi connectivity index (χ4v) is 21.0. The summed E-state index contributed by atoms with van der Waals surface area (Å²) in [5.74, 6) is 0. The van der Waals surface area contributed by atoms with Crippen molar-refractivity contribution < 1.29 is 4.42 Å². The highest BCUT2D eigenvalue weighted by Gasteiger charge is 2.50. The van der Waals surface area contributed by atoms with Gasteiger partial charge in [0.2, 0.25) is 0 Å². The molecule has 0 spiro atoms. The van der Waals surface area contributed by atoms with E-state index in [-0.39, 0.29) is 13.4 Å². The molecule has 4 aliphatic rings. The van der Waals surface area contributed by atoms with E-state index in [4.69, 9.17) is 4.42 Å². The smallest absolute Gasteiger partial charge is 0.252 e. The van der Waals surface area contributed by atoms with Crippen LogP contribution in [0, 0.1) is 0 Å². The van der Waals surface area contributed by atoms with Crippen LogP contribution >= 0.6 is 0 Å². The lowest BCUT2D eigenvalue weighted by Gasteiger charge is -2.48. The van der Waals surface area contributed by atoms with Crippen LogP contribution in [0.3, 0.4) is 0 Å². The standard InChI is InChI=1S/C108H67B2N7O/c1-5-31-68(32-6-1)75-46-29-47-76(69-33-7-2-8-34-69)107(75)117-99-67-98-87(109-85-49-20-27-56-95(85)116(96-57-30-48-84-83-45-19-28-58-104(83)118-108(84)96)102-64-73(62-100(105(102)109)112(98)71-37-11-4-12-38-71)114-91-52-23-15-41-79(91)80-42-16-24-53-92(80)114)66-88(99)110-86-60-59-72(113-89-50-21-13-39-77(89)78-40-14-22-51-90(78)113)61-97(86)111(70-35-9-3-10-36-70)101-63-74(65-103(117)106(101)110)115-93-54-25-17-43-81(93)82-44-18-26-55-94(82)115/h1-67H. The Morgan fingerprint density at radius 2 is 0.542 bits per heavy atom. The summed E-state index contributed by atoms with van der Waals surface area (Å²) >= 11 is 0. The average molecular weight is 1500 g/mol. The molecule has 0 N–H and O–H groups in total. The van der Waals surface area contributed by atoms with E-state index in [1.807, 2.05) is 0 Å². The van der Waals surface area contributed by atoms with Crippen LogP contribution in [0.5, 0.6) is 0 Å². The molecule has 22 aromatic rings. The van der Waals surface area contributed by atoms with E-state index in [1.165, 1.54) is 65.1 Å². The van der Waals surface area contributed by atoms with Crippen LogP contribution in [-0.2, 0) is 0 Å².